The van der Waals surface area contributed by atoms with E-state index in [9.17, 15) is 0 Å². The fourth-order valence-corrected chi connectivity index (χ4v) is 2.92. The van der Waals surface area contributed by atoms with Crippen molar-refractivity contribution in [3.05, 3.63) is 70.5 Å². The molecule has 23 heavy (non-hydrogen) atoms. The van der Waals surface area contributed by atoms with Crippen molar-refractivity contribution in [2.75, 3.05) is 0 Å². The number of rotatable bonds is 2. The second-order valence-electron chi connectivity index (χ2n) is 6.28. The molecule has 0 N–H and O–H groups in total. The van der Waals surface area contributed by atoms with E-state index in [2.05, 4.69) is 63.2 Å². The number of hydrogen-bond donors (Lipinski definition) is 0. The van der Waals surface area contributed by atoms with E-state index in [1.165, 1.54) is 22.3 Å². The number of aryl methyl sites for hydroxylation is 5. The minimum absolute atomic E-state index is 0.967. The molecule has 2 aromatic carbocycles. The predicted molar refractivity (Wildman–Crippen MR) is 96.6 cm³/mol. The zero-order valence-electron chi connectivity index (χ0n) is 14.4. The first-order valence-corrected chi connectivity index (χ1v) is 7.95. The maximum absolute atomic E-state index is 4.87. The van der Waals surface area contributed by atoms with Crippen LogP contribution in [0.25, 0.3) is 22.5 Å². The van der Waals surface area contributed by atoms with Gasteiger partial charge in [-0.2, -0.15) is 0 Å². The van der Waals surface area contributed by atoms with Gasteiger partial charge in [0.05, 0.1) is 22.8 Å². The summed E-state index contributed by atoms with van der Waals surface area (Å²) in [5, 5.41) is 0. The minimum Gasteiger partial charge on any atom is -0.249 e. The third kappa shape index (κ3) is 3.02. The summed E-state index contributed by atoms with van der Waals surface area (Å²) in [5.41, 5.74) is 9.94. The number of benzene rings is 2. The fraction of sp³-hybridized carbons (Fsp3) is 0.238. The average molecular weight is 302 g/mol. The molecule has 116 valence electrons. The molecule has 0 fully saturated rings. The molecular weight excluding hydrogens is 280 g/mol. The van der Waals surface area contributed by atoms with Crippen LogP contribution in [0.5, 0.6) is 0 Å². The Morgan fingerprint density at radius 2 is 1.17 bits per heavy atom. The van der Waals surface area contributed by atoms with Gasteiger partial charge in [-0.1, -0.05) is 53.6 Å². The number of nitrogens with zero attached hydrogens (tertiary/aromatic N) is 2. The van der Waals surface area contributed by atoms with Gasteiger partial charge in [-0.15, -0.1) is 0 Å². The Morgan fingerprint density at radius 1 is 0.609 bits per heavy atom. The van der Waals surface area contributed by atoms with E-state index in [0.29, 0.717) is 0 Å². The van der Waals surface area contributed by atoms with Crippen molar-refractivity contribution >= 4 is 0 Å². The second kappa shape index (κ2) is 5.96. The zero-order chi connectivity index (χ0) is 16.6. The zero-order valence-corrected chi connectivity index (χ0v) is 14.4. The van der Waals surface area contributed by atoms with Crippen LogP contribution in [0, 0.1) is 34.6 Å². The molecule has 0 unspecified atom stereocenters. The van der Waals surface area contributed by atoms with Gasteiger partial charge in [-0.3, -0.25) is 0 Å². The van der Waals surface area contributed by atoms with Crippen LogP contribution in [0.4, 0.5) is 0 Å². The maximum atomic E-state index is 4.87. The molecule has 3 aromatic rings. The van der Waals surface area contributed by atoms with Gasteiger partial charge in [-0.25, -0.2) is 9.97 Å². The number of hydrogen-bond acceptors (Lipinski definition) is 2. The molecule has 0 atom stereocenters. The predicted octanol–water partition coefficient (Wildman–Crippen LogP) is 5.35. The normalized spacial score (nSPS) is 10.8. The van der Waals surface area contributed by atoms with Crippen molar-refractivity contribution in [2.45, 2.75) is 34.6 Å². The molecule has 2 nitrogen and oxygen atoms in total. The SMILES string of the molecule is Cc1ccc(-c2nc(C)c(-c3ccc(C)cc3C)nc2C)cc1. The highest BCUT2D eigenvalue weighted by Crippen LogP contribution is 2.28. The Hall–Kier alpha value is -2.48. The van der Waals surface area contributed by atoms with E-state index in [-0.39, 0.29) is 0 Å². The van der Waals surface area contributed by atoms with Crippen LogP contribution in [-0.4, -0.2) is 9.97 Å². The van der Waals surface area contributed by atoms with Gasteiger partial charge < -0.3 is 0 Å². The summed E-state index contributed by atoms with van der Waals surface area (Å²) < 4.78 is 0. The van der Waals surface area contributed by atoms with E-state index in [1.807, 2.05) is 13.8 Å². The molecule has 0 radical (unpaired) electrons. The van der Waals surface area contributed by atoms with Crippen molar-refractivity contribution < 1.29 is 0 Å². The lowest BCUT2D eigenvalue weighted by atomic mass is 10.0. The van der Waals surface area contributed by atoms with Crippen LogP contribution in [0.3, 0.4) is 0 Å². The molecule has 3 rings (SSSR count). The molecule has 0 saturated carbocycles. The topological polar surface area (TPSA) is 25.8 Å². The lowest BCUT2D eigenvalue weighted by Crippen LogP contribution is -2.00. The van der Waals surface area contributed by atoms with Crippen molar-refractivity contribution in [1.29, 1.82) is 0 Å². The van der Waals surface area contributed by atoms with Gasteiger partial charge in [0.25, 0.3) is 0 Å². The molecule has 0 bridgehead atoms. The van der Waals surface area contributed by atoms with Gasteiger partial charge in [-0.05, 0) is 40.2 Å². The van der Waals surface area contributed by atoms with Crippen LogP contribution in [-0.2, 0) is 0 Å². The Bertz CT molecular complexity index is 862. The lowest BCUT2D eigenvalue weighted by molar-refractivity contribution is 1.07. The van der Waals surface area contributed by atoms with E-state index in [1.54, 1.807) is 0 Å². The Labute approximate surface area is 138 Å². The van der Waals surface area contributed by atoms with E-state index >= 15 is 0 Å². The first-order valence-electron chi connectivity index (χ1n) is 7.95. The van der Waals surface area contributed by atoms with Crippen LogP contribution in [0.15, 0.2) is 42.5 Å². The molecule has 0 amide bonds. The molecule has 0 spiro atoms. The van der Waals surface area contributed by atoms with Gasteiger partial charge in [0.1, 0.15) is 0 Å². The van der Waals surface area contributed by atoms with Gasteiger partial charge in [0, 0.05) is 11.1 Å². The third-order valence-corrected chi connectivity index (χ3v) is 4.21. The first-order chi connectivity index (χ1) is 11.0. The van der Waals surface area contributed by atoms with Crippen molar-refractivity contribution in [1.82, 2.24) is 9.97 Å². The Morgan fingerprint density at radius 3 is 1.83 bits per heavy atom. The summed E-state index contributed by atoms with van der Waals surface area (Å²) in [4.78, 5) is 9.72. The summed E-state index contributed by atoms with van der Waals surface area (Å²) in [6.45, 7) is 10.4. The first kappa shape index (κ1) is 15.4. The highest BCUT2D eigenvalue weighted by molar-refractivity contribution is 5.70. The van der Waals surface area contributed by atoms with E-state index in [0.717, 1.165) is 28.3 Å². The second-order valence-corrected chi connectivity index (χ2v) is 6.28. The Balaban J connectivity index is 2.12. The van der Waals surface area contributed by atoms with Crippen LogP contribution < -0.4 is 0 Å². The highest BCUT2D eigenvalue weighted by Gasteiger charge is 2.13. The van der Waals surface area contributed by atoms with Gasteiger partial charge >= 0.3 is 0 Å². The summed E-state index contributed by atoms with van der Waals surface area (Å²) in [7, 11) is 0. The largest absolute Gasteiger partial charge is 0.249 e. The van der Waals surface area contributed by atoms with Crippen LogP contribution in [0.2, 0.25) is 0 Å². The van der Waals surface area contributed by atoms with Crippen molar-refractivity contribution in [2.24, 2.45) is 0 Å². The smallest absolute Gasteiger partial charge is 0.0920 e. The quantitative estimate of drug-likeness (QED) is 0.637. The van der Waals surface area contributed by atoms with E-state index in [4.69, 9.17) is 9.97 Å². The minimum atomic E-state index is 0.967. The Kier molecular flexibility index (Phi) is 3.99. The summed E-state index contributed by atoms with van der Waals surface area (Å²) >= 11 is 0. The molecule has 0 aliphatic carbocycles. The monoisotopic (exact) mass is 302 g/mol. The van der Waals surface area contributed by atoms with Gasteiger partial charge in [0.2, 0.25) is 0 Å². The standard InChI is InChI=1S/C21H22N2/c1-13-6-9-18(10-7-13)20-16(4)23-21(17(5)22-20)19-11-8-14(2)12-15(19)3/h6-12H,1-5H3. The third-order valence-electron chi connectivity index (χ3n) is 4.21. The summed E-state index contributed by atoms with van der Waals surface area (Å²) in [5.74, 6) is 0. The van der Waals surface area contributed by atoms with Crippen LogP contribution >= 0.6 is 0 Å². The molecule has 0 saturated heterocycles. The molecule has 1 aromatic heterocycles. The number of aromatic nitrogens is 2. The molecule has 1 heterocycles. The van der Waals surface area contributed by atoms with Gasteiger partial charge in [0.15, 0.2) is 0 Å². The summed E-state index contributed by atoms with van der Waals surface area (Å²) in [6, 6.07) is 14.9. The lowest BCUT2D eigenvalue weighted by Gasteiger charge is -2.13. The highest BCUT2D eigenvalue weighted by atomic mass is 14.8. The average Bonchev–Trinajstić information content (AvgIpc) is 2.51. The molecular formula is C21H22N2. The summed E-state index contributed by atoms with van der Waals surface area (Å²) in [6.07, 6.45) is 0. The van der Waals surface area contributed by atoms with Crippen molar-refractivity contribution in [3.63, 3.8) is 0 Å². The van der Waals surface area contributed by atoms with Crippen molar-refractivity contribution in [3.8, 4) is 22.5 Å². The van der Waals surface area contributed by atoms with Crippen LogP contribution in [0.1, 0.15) is 28.1 Å². The maximum Gasteiger partial charge on any atom is 0.0920 e. The molecule has 0 aliphatic rings. The van der Waals surface area contributed by atoms with E-state index < -0.39 is 0 Å². The molecule has 2 heteroatoms. The fourth-order valence-electron chi connectivity index (χ4n) is 2.92. The molecule has 0 aliphatic heterocycles.